The van der Waals surface area contributed by atoms with Crippen molar-refractivity contribution in [3.63, 3.8) is 0 Å². The average Bonchev–Trinajstić information content (AvgIpc) is 2.87. The monoisotopic (exact) mass is 262 g/mol. The smallest absolute Gasteiger partial charge is 0.340 e. The van der Waals surface area contributed by atoms with Gasteiger partial charge >= 0.3 is 5.97 Å². The van der Waals surface area contributed by atoms with Gasteiger partial charge < -0.3 is 15.4 Å². The highest BCUT2D eigenvalue weighted by molar-refractivity contribution is 5.96. The maximum absolute atomic E-state index is 12.0. The molecule has 0 unspecified atom stereocenters. The molecule has 0 amide bonds. The first-order valence-corrected chi connectivity index (χ1v) is 6.93. The quantitative estimate of drug-likeness (QED) is 0.502. The van der Waals surface area contributed by atoms with Crippen molar-refractivity contribution in [2.24, 2.45) is 0 Å². The molecule has 1 aliphatic heterocycles. The van der Waals surface area contributed by atoms with Gasteiger partial charge in [0.15, 0.2) is 0 Å². The van der Waals surface area contributed by atoms with Crippen LogP contribution in [0.3, 0.4) is 0 Å². The van der Waals surface area contributed by atoms with Crippen LogP contribution in [0.5, 0.6) is 0 Å². The SMILES string of the molecule is Cc1cccc(N)c1C(=O)OCCCN1CCCC1. The van der Waals surface area contributed by atoms with Crippen LogP contribution >= 0.6 is 0 Å². The van der Waals surface area contributed by atoms with Gasteiger partial charge in [0.25, 0.3) is 0 Å². The minimum atomic E-state index is -0.308. The Labute approximate surface area is 114 Å². The highest BCUT2D eigenvalue weighted by Gasteiger charge is 2.14. The first-order chi connectivity index (χ1) is 9.18. The summed E-state index contributed by atoms with van der Waals surface area (Å²) in [5, 5.41) is 0. The number of nitrogens with zero attached hydrogens (tertiary/aromatic N) is 1. The van der Waals surface area contributed by atoms with Gasteiger partial charge in [0, 0.05) is 12.2 Å². The fourth-order valence-electron chi connectivity index (χ4n) is 2.50. The summed E-state index contributed by atoms with van der Waals surface area (Å²) in [6.45, 7) is 5.70. The maximum atomic E-state index is 12.0. The highest BCUT2D eigenvalue weighted by Crippen LogP contribution is 2.17. The number of anilines is 1. The molecule has 0 aromatic heterocycles. The van der Waals surface area contributed by atoms with Gasteiger partial charge in [0.05, 0.1) is 12.2 Å². The first kappa shape index (κ1) is 13.9. The van der Waals surface area contributed by atoms with E-state index in [0.29, 0.717) is 17.9 Å². The summed E-state index contributed by atoms with van der Waals surface area (Å²) in [5.41, 5.74) is 7.68. The number of likely N-dealkylation sites (tertiary alicyclic amines) is 1. The zero-order chi connectivity index (χ0) is 13.7. The number of rotatable bonds is 5. The second-order valence-electron chi connectivity index (χ2n) is 5.08. The molecule has 1 aliphatic rings. The van der Waals surface area contributed by atoms with Crippen molar-refractivity contribution in [1.29, 1.82) is 0 Å². The fraction of sp³-hybridized carbons (Fsp3) is 0.533. The molecule has 104 valence electrons. The molecule has 1 aromatic carbocycles. The van der Waals surface area contributed by atoms with E-state index in [-0.39, 0.29) is 5.97 Å². The number of hydrogen-bond donors (Lipinski definition) is 1. The van der Waals surface area contributed by atoms with Crippen LogP contribution in [-0.4, -0.2) is 37.1 Å². The number of benzene rings is 1. The second kappa shape index (κ2) is 6.57. The lowest BCUT2D eigenvalue weighted by Crippen LogP contribution is -2.22. The number of nitrogens with two attached hydrogens (primary N) is 1. The topological polar surface area (TPSA) is 55.6 Å². The molecule has 2 N–H and O–H groups in total. The van der Waals surface area contributed by atoms with Crippen molar-refractivity contribution in [2.45, 2.75) is 26.2 Å². The fourth-order valence-corrected chi connectivity index (χ4v) is 2.50. The number of ether oxygens (including phenoxy) is 1. The van der Waals surface area contributed by atoms with E-state index in [1.165, 1.54) is 25.9 Å². The van der Waals surface area contributed by atoms with Crippen LogP contribution in [0.25, 0.3) is 0 Å². The number of carbonyl (C=O) groups excluding carboxylic acids is 1. The average molecular weight is 262 g/mol. The molecule has 0 saturated carbocycles. The molecule has 19 heavy (non-hydrogen) atoms. The van der Waals surface area contributed by atoms with Crippen LogP contribution in [-0.2, 0) is 4.74 Å². The van der Waals surface area contributed by atoms with Crippen molar-refractivity contribution in [2.75, 3.05) is 32.0 Å². The highest BCUT2D eigenvalue weighted by atomic mass is 16.5. The molecule has 0 atom stereocenters. The number of hydrogen-bond acceptors (Lipinski definition) is 4. The van der Waals surface area contributed by atoms with Crippen LogP contribution in [0.2, 0.25) is 0 Å². The minimum absolute atomic E-state index is 0.308. The lowest BCUT2D eigenvalue weighted by atomic mass is 10.1. The van der Waals surface area contributed by atoms with E-state index in [1.807, 2.05) is 19.1 Å². The third kappa shape index (κ3) is 3.70. The van der Waals surface area contributed by atoms with Gasteiger partial charge in [0.1, 0.15) is 0 Å². The zero-order valence-electron chi connectivity index (χ0n) is 11.5. The van der Waals surface area contributed by atoms with Crippen LogP contribution in [0.15, 0.2) is 18.2 Å². The van der Waals surface area contributed by atoms with Gasteiger partial charge in [-0.1, -0.05) is 12.1 Å². The molecule has 1 aromatic rings. The zero-order valence-corrected chi connectivity index (χ0v) is 11.5. The largest absolute Gasteiger partial charge is 0.462 e. The summed E-state index contributed by atoms with van der Waals surface area (Å²) < 4.78 is 5.30. The molecular formula is C15H22N2O2. The molecule has 0 radical (unpaired) electrons. The normalized spacial score (nSPS) is 15.6. The van der Waals surface area contributed by atoms with Gasteiger partial charge in [-0.15, -0.1) is 0 Å². The number of nitrogen functional groups attached to an aromatic ring is 1. The van der Waals surface area contributed by atoms with Gasteiger partial charge in [-0.25, -0.2) is 4.79 Å². The van der Waals surface area contributed by atoms with E-state index in [0.717, 1.165) is 18.5 Å². The van der Waals surface area contributed by atoms with Crippen molar-refractivity contribution >= 4 is 11.7 Å². The van der Waals surface area contributed by atoms with E-state index >= 15 is 0 Å². The Bertz CT molecular complexity index is 420. The maximum Gasteiger partial charge on any atom is 0.340 e. The van der Waals surface area contributed by atoms with Gasteiger partial charge in [-0.3, -0.25) is 0 Å². The number of esters is 1. The van der Waals surface area contributed by atoms with Crippen LogP contribution in [0, 0.1) is 6.92 Å². The summed E-state index contributed by atoms with van der Waals surface area (Å²) >= 11 is 0. The molecule has 0 aliphatic carbocycles. The van der Waals surface area contributed by atoms with Crippen molar-refractivity contribution in [3.8, 4) is 0 Å². The van der Waals surface area contributed by atoms with Crippen LogP contribution < -0.4 is 5.73 Å². The Hall–Kier alpha value is -1.55. The number of aryl methyl sites for hydroxylation is 1. The van der Waals surface area contributed by atoms with E-state index in [1.54, 1.807) is 6.07 Å². The standard InChI is InChI=1S/C15H22N2O2/c1-12-6-4-7-13(16)14(12)15(18)19-11-5-10-17-8-2-3-9-17/h4,6-7H,2-3,5,8-11,16H2,1H3. The molecule has 0 spiro atoms. The molecule has 4 heteroatoms. The molecule has 1 heterocycles. The van der Waals surface area contributed by atoms with E-state index in [2.05, 4.69) is 4.90 Å². The van der Waals surface area contributed by atoms with E-state index in [4.69, 9.17) is 10.5 Å². The lowest BCUT2D eigenvalue weighted by molar-refractivity contribution is 0.0491. The summed E-state index contributed by atoms with van der Waals surface area (Å²) in [4.78, 5) is 14.4. The molecule has 0 bridgehead atoms. The first-order valence-electron chi connectivity index (χ1n) is 6.93. The Morgan fingerprint density at radius 2 is 2.11 bits per heavy atom. The van der Waals surface area contributed by atoms with Gasteiger partial charge in [0.2, 0.25) is 0 Å². The summed E-state index contributed by atoms with van der Waals surface area (Å²) in [7, 11) is 0. The number of carbonyl (C=O) groups is 1. The summed E-state index contributed by atoms with van der Waals surface area (Å²) in [6.07, 6.45) is 3.47. The van der Waals surface area contributed by atoms with Crippen LogP contribution in [0.4, 0.5) is 5.69 Å². The van der Waals surface area contributed by atoms with E-state index in [9.17, 15) is 4.79 Å². The van der Waals surface area contributed by atoms with Crippen molar-refractivity contribution in [3.05, 3.63) is 29.3 Å². The van der Waals surface area contributed by atoms with Crippen molar-refractivity contribution in [1.82, 2.24) is 4.90 Å². The summed E-state index contributed by atoms with van der Waals surface area (Å²) in [5.74, 6) is -0.308. The third-order valence-corrected chi connectivity index (χ3v) is 3.56. The van der Waals surface area contributed by atoms with Crippen molar-refractivity contribution < 1.29 is 9.53 Å². The molecule has 1 saturated heterocycles. The Morgan fingerprint density at radius 3 is 2.79 bits per heavy atom. The van der Waals surface area contributed by atoms with Gasteiger partial charge in [-0.05, 0) is 50.9 Å². The summed E-state index contributed by atoms with van der Waals surface area (Å²) in [6, 6.07) is 5.44. The predicted molar refractivity (Wildman–Crippen MR) is 76.2 cm³/mol. The molecule has 4 nitrogen and oxygen atoms in total. The predicted octanol–water partition coefficient (Wildman–Crippen LogP) is 2.22. The van der Waals surface area contributed by atoms with E-state index < -0.39 is 0 Å². The third-order valence-electron chi connectivity index (χ3n) is 3.56. The van der Waals surface area contributed by atoms with Gasteiger partial charge in [-0.2, -0.15) is 0 Å². The second-order valence-corrected chi connectivity index (χ2v) is 5.08. The molecular weight excluding hydrogens is 240 g/mol. The molecule has 1 fully saturated rings. The van der Waals surface area contributed by atoms with Crippen LogP contribution in [0.1, 0.15) is 35.2 Å². The molecule has 2 rings (SSSR count). The Kier molecular flexibility index (Phi) is 4.80. The Morgan fingerprint density at radius 1 is 1.37 bits per heavy atom. The lowest BCUT2D eigenvalue weighted by Gasteiger charge is -2.14. The minimum Gasteiger partial charge on any atom is -0.462 e. The Balaban J connectivity index is 1.77.